The van der Waals surface area contributed by atoms with Gasteiger partial charge in [-0.05, 0) is 119 Å². The molecule has 0 bridgehead atoms. The minimum Gasteiger partial charge on any atom is -0.265 e. The number of pyridine rings is 4. The molecule has 0 N–H and O–H groups in total. The molecule has 0 saturated carbocycles. The van der Waals surface area contributed by atoms with Gasteiger partial charge >= 0.3 is 0 Å². The number of hydrogen-bond acceptors (Lipinski definition) is 12. The summed E-state index contributed by atoms with van der Waals surface area (Å²) in [5.41, 5.74) is 8.82. The van der Waals surface area contributed by atoms with Crippen LogP contribution in [0.3, 0.4) is 0 Å². The van der Waals surface area contributed by atoms with Gasteiger partial charge in [0.25, 0.3) is 0 Å². The Balaban J connectivity index is 1.25. The van der Waals surface area contributed by atoms with Crippen molar-refractivity contribution in [2.24, 2.45) is 40.9 Å². The first-order valence-corrected chi connectivity index (χ1v) is 17.9. The zero-order chi connectivity index (χ0) is 38.5. The lowest BCUT2D eigenvalue weighted by molar-refractivity contribution is 0.745. The van der Waals surface area contributed by atoms with Crippen LogP contribution in [0.15, 0.2) is 236 Å². The molecule has 12 nitrogen and oxygen atoms in total. The SMILES string of the molecule is c1cc(/N=N/c2ccc(C(c3ccc(/N=N/c4ccncc4)cc3)(c3ccc(/N=N/c4ccncc4)cc3)c3ccc(/N=N/c4ccncc4)cc3)cc2)ccn1. The summed E-state index contributed by atoms with van der Waals surface area (Å²) in [7, 11) is 0. The van der Waals surface area contributed by atoms with E-state index in [4.69, 9.17) is 0 Å². The van der Waals surface area contributed by atoms with Crippen molar-refractivity contribution in [1.82, 2.24) is 19.9 Å². The summed E-state index contributed by atoms with van der Waals surface area (Å²) in [6.45, 7) is 0. The van der Waals surface area contributed by atoms with Crippen LogP contribution in [0, 0.1) is 0 Å². The maximum atomic E-state index is 4.51. The van der Waals surface area contributed by atoms with Crippen molar-refractivity contribution in [1.29, 1.82) is 0 Å². The zero-order valence-electron chi connectivity index (χ0n) is 30.3. The van der Waals surface area contributed by atoms with Gasteiger partial charge in [0.1, 0.15) is 0 Å². The molecule has 0 aliphatic carbocycles. The Bertz CT molecular complexity index is 2240. The minimum atomic E-state index is -0.830. The number of aromatic nitrogens is 4. The van der Waals surface area contributed by atoms with Crippen molar-refractivity contribution < 1.29 is 0 Å². The van der Waals surface area contributed by atoms with E-state index < -0.39 is 5.41 Å². The molecule has 0 atom stereocenters. The second-order valence-electron chi connectivity index (χ2n) is 12.6. The Morgan fingerprint density at radius 1 is 0.211 bits per heavy atom. The molecular formula is C45H32N12. The molecule has 4 aromatic heterocycles. The Labute approximate surface area is 328 Å². The molecule has 0 radical (unpaired) electrons. The highest BCUT2D eigenvalue weighted by atomic mass is 15.1. The van der Waals surface area contributed by atoms with Gasteiger partial charge < -0.3 is 0 Å². The molecule has 0 aliphatic heterocycles. The quantitative estimate of drug-likeness (QED) is 0.0904. The summed E-state index contributed by atoms with van der Waals surface area (Å²) in [5.74, 6) is 0. The van der Waals surface area contributed by atoms with Crippen LogP contribution < -0.4 is 0 Å². The molecule has 0 fully saturated rings. The van der Waals surface area contributed by atoms with Crippen LogP contribution in [-0.4, -0.2) is 19.9 Å². The second kappa shape index (κ2) is 17.3. The van der Waals surface area contributed by atoms with Crippen molar-refractivity contribution in [2.45, 2.75) is 5.41 Å². The molecular weight excluding hydrogens is 709 g/mol. The highest BCUT2D eigenvalue weighted by Gasteiger charge is 2.38. The van der Waals surface area contributed by atoms with Crippen LogP contribution in [0.4, 0.5) is 45.5 Å². The van der Waals surface area contributed by atoms with E-state index in [1.165, 1.54) is 0 Å². The van der Waals surface area contributed by atoms with Gasteiger partial charge in [0, 0.05) is 49.6 Å². The lowest BCUT2D eigenvalue weighted by Crippen LogP contribution is -2.30. The normalized spacial score (nSPS) is 11.9. The van der Waals surface area contributed by atoms with E-state index in [9.17, 15) is 0 Å². The Kier molecular flexibility index (Phi) is 10.9. The number of hydrogen-bond donors (Lipinski definition) is 0. The summed E-state index contributed by atoms with van der Waals surface area (Å²) >= 11 is 0. The van der Waals surface area contributed by atoms with Gasteiger partial charge in [-0.1, -0.05) is 48.5 Å². The van der Waals surface area contributed by atoms with Gasteiger partial charge in [-0.2, -0.15) is 40.9 Å². The topological polar surface area (TPSA) is 150 Å². The lowest BCUT2D eigenvalue weighted by atomic mass is 9.65. The van der Waals surface area contributed by atoms with Crippen LogP contribution in [0.5, 0.6) is 0 Å². The molecule has 57 heavy (non-hydrogen) atoms. The monoisotopic (exact) mass is 740 g/mol. The summed E-state index contributed by atoms with van der Waals surface area (Å²) in [6.07, 6.45) is 13.5. The zero-order valence-corrected chi connectivity index (χ0v) is 30.3. The number of azo groups is 4. The minimum absolute atomic E-state index is 0.704. The number of rotatable bonds is 12. The van der Waals surface area contributed by atoms with Crippen LogP contribution in [-0.2, 0) is 5.41 Å². The van der Waals surface area contributed by atoms with E-state index in [2.05, 4.69) is 109 Å². The molecule has 0 unspecified atom stereocenters. The van der Waals surface area contributed by atoms with Gasteiger partial charge in [-0.15, -0.1) is 0 Å². The molecule has 8 rings (SSSR count). The van der Waals surface area contributed by atoms with Crippen molar-refractivity contribution in [3.63, 3.8) is 0 Å². The van der Waals surface area contributed by atoms with Crippen LogP contribution in [0.1, 0.15) is 22.3 Å². The molecule has 4 heterocycles. The van der Waals surface area contributed by atoms with Crippen molar-refractivity contribution in [2.75, 3.05) is 0 Å². The fourth-order valence-electron chi connectivity index (χ4n) is 6.22. The average molecular weight is 741 g/mol. The van der Waals surface area contributed by atoms with Crippen LogP contribution in [0.2, 0.25) is 0 Å². The third kappa shape index (κ3) is 8.66. The summed E-state index contributed by atoms with van der Waals surface area (Å²) < 4.78 is 0. The predicted octanol–water partition coefficient (Wildman–Crippen LogP) is 13.3. The highest BCUT2D eigenvalue weighted by Crippen LogP contribution is 2.47. The fourth-order valence-corrected chi connectivity index (χ4v) is 6.22. The van der Waals surface area contributed by atoms with E-state index in [-0.39, 0.29) is 0 Å². The lowest BCUT2D eigenvalue weighted by Gasteiger charge is -2.37. The first-order chi connectivity index (χ1) is 28.2. The van der Waals surface area contributed by atoms with Crippen LogP contribution in [0.25, 0.3) is 0 Å². The van der Waals surface area contributed by atoms with Crippen molar-refractivity contribution in [3.8, 4) is 0 Å². The first kappa shape index (κ1) is 35.9. The van der Waals surface area contributed by atoms with Crippen molar-refractivity contribution in [3.05, 3.63) is 217 Å². The molecule has 0 aliphatic rings. The van der Waals surface area contributed by atoms with E-state index in [0.29, 0.717) is 45.5 Å². The van der Waals surface area contributed by atoms with E-state index in [1.54, 1.807) is 49.6 Å². The highest BCUT2D eigenvalue weighted by molar-refractivity contribution is 5.64. The van der Waals surface area contributed by atoms with Gasteiger partial charge in [-0.3, -0.25) is 19.9 Å². The second-order valence-corrected chi connectivity index (χ2v) is 12.6. The number of nitrogens with zero attached hydrogens (tertiary/aromatic N) is 12. The van der Waals surface area contributed by atoms with Gasteiger partial charge in [0.05, 0.1) is 50.9 Å². The maximum Gasteiger partial charge on any atom is 0.0887 e. The molecule has 4 aromatic carbocycles. The standard InChI is InChI=1S/C45H32N12/c1-9-37(50-54-41-17-25-46-26-18-41)10-2-33(1)45(34-3-11-38(12-4-34)51-55-42-19-27-47-28-20-42,35-5-13-39(14-6-35)52-56-43-21-29-48-30-22-43)36-7-15-40(16-8-36)53-57-44-23-31-49-32-24-44/h1-32H/b54-50+,55-51+,56-52+,57-53+. The predicted molar refractivity (Wildman–Crippen MR) is 218 cm³/mol. The van der Waals surface area contributed by atoms with E-state index in [0.717, 1.165) is 22.3 Å². The maximum absolute atomic E-state index is 4.51. The van der Waals surface area contributed by atoms with Gasteiger partial charge in [0.2, 0.25) is 0 Å². The Morgan fingerprint density at radius 3 is 0.544 bits per heavy atom. The fraction of sp³-hybridized carbons (Fsp3) is 0.0222. The van der Waals surface area contributed by atoms with Gasteiger partial charge in [-0.25, -0.2) is 0 Å². The summed E-state index contributed by atoms with van der Waals surface area (Å²) in [5, 5.41) is 35.7. The average Bonchev–Trinajstić information content (AvgIpc) is 3.29. The Hall–Kier alpha value is -8.12. The summed E-state index contributed by atoms with van der Waals surface area (Å²) in [6, 6.07) is 47.0. The Morgan fingerprint density at radius 2 is 0.368 bits per heavy atom. The summed E-state index contributed by atoms with van der Waals surface area (Å²) in [4.78, 5) is 16.3. The third-order valence-corrected chi connectivity index (χ3v) is 8.98. The number of benzene rings is 4. The molecule has 0 spiro atoms. The molecule has 272 valence electrons. The first-order valence-electron chi connectivity index (χ1n) is 17.9. The van der Waals surface area contributed by atoms with E-state index in [1.807, 2.05) is 97.1 Å². The van der Waals surface area contributed by atoms with Crippen molar-refractivity contribution >= 4 is 45.5 Å². The largest absolute Gasteiger partial charge is 0.265 e. The van der Waals surface area contributed by atoms with Crippen LogP contribution >= 0.6 is 0 Å². The third-order valence-electron chi connectivity index (χ3n) is 8.98. The molecule has 12 heteroatoms. The van der Waals surface area contributed by atoms with Gasteiger partial charge in [0.15, 0.2) is 0 Å². The molecule has 0 amide bonds. The van der Waals surface area contributed by atoms with E-state index >= 15 is 0 Å². The smallest absolute Gasteiger partial charge is 0.0887 e. The molecule has 8 aromatic rings. The molecule has 0 saturated heterocycles.